The van der Waals surface area contributed by atoms with E-state index >= 15 is 0 Å². The number of likely N-dealkylation sites (N-methyl/N-ethyl adjacent to an activating group) is 1. The number of nitrogens with zero attached hydrogens (tertiary/aromatic N) is 2. The maximum atomic E-state index is 6.46. The third-order valence-corrected chi connectivity index (χ3v) is 6.66. The first-order valence-electron chi connectivity index (χ1n) is 9.12. The Hall–Kier alpha value is -1.69. The van der Waals surface area contributed by atoms with Crippen LogP contribution in [-0.4, -0.2) is 30.6 Å². The first kappa shape index (κ1) is 17.7. The Morgan fingerprint density at radius 3 is 2.81 bits per heavy atom. The number of rotatable bonds is 5. The number of aryl methyl sites for hydroxylation is 3. The molecular formula is C20H24ClN4S+. The molecule has 0 unspecified atom stereocenters. The van der Waals surface area contributed by atoms with Crippen molar-refractivity contribution in [1.82, 2.24) is 9.97 Å². The van der Waals surface area contributed by atoms with E-state index in [-0.39, 0.29) is 6.04 Å². The molecule has 0 fully saturated rings. The third kappa shape index (κ3) is 3.20. The average molecular weight is 388 g/mol. The standard InChI is InChI=1S/C20H23ClN4S/c1-12-23-19(18-14-8-6-10-17(14)26-20(18)24-12)22-11-16(25(2)3)13-7-4-5-9-15(13)21/h4-5,7,9,16H,6,8,10-11H2,1-3H3,(H,22,23,24)/p+1/t16-/m1/s1. The second-order valence-electron chi connectivity index (χ2n) is 7.19. The fraction of sp³-hybridized carbons (Fsp3) is 0.400. The number of hydrogen-bond donors (Lipinski definition) is 2. The number of nitrogens with one attached hydrogen (secondary N) is 2. The van der Waals surface area contributed by atoms with E-state index in [1.54, 1.807) is 0 Å². The number of halogens is 1. The van der Waals surface area contributed by atoms with Crippen molar-refractivity contribution in [2.24, 2.45) is 0 Å². The maximum absolute atomic E-state index is 6.46. The molecule has 0 saturated heterocycles. The van der Waals surface area contributed by atoms with Gasteiger partial charge in [-0.3, -0.25) is 0 Å². The topological polar surface area (TPSA) is 42.2 Å². The van der Waals surface area contributed by atoms with Gasteiger partial charge in [0.1, 0.15) is 22.5 Å². The highest BCUT2D eigenvalue weighted by atomic mass is 35.5. The second-order valence-corrected chi connectivity index (χ2v) is 8.68. The van der Waals surface area contributed by atoms with Gasteiger partial charge in [0.15, 0.2) is 0 Å². The molecule has 0 amide bonds. The zero-order chi connectivity index (χ0) is 18.3. The van der Waals surface area contributed by atoms with E-state index in [9.17, 15) is 0 Å². The SMILES string of the molecule is Cc1nc(NC[C@H](c2ccccc2Cl)[NH+](C)C)c2c3c(sc2n1)CCC3. The molecular weight excluding hydrogens is 364 g/mol. The minimum Gasteiger partial charge on any atom is -0.363 e. The van der Waals surface area contributed by atoms with Crippen LogP contribution >= 0.6 is 22.9 Å². The summed E-state index contributed by atoms with van der Waals surface area (Å²) in [6.45, 7) is 2.75. The summed E-state index contributed by atoms with van der Waals surface area (Å²) in [5.74, 6) is 1.80. The van der Waals surface area contributed by atoms with Gasteiger partial charge < -0.3 is 10.2 Å². The first-order valence-corrected chi connectivity index (χ1v) is 10.3. The lowest BCUT2D eigenvalue weighted by atomic mass is 10.1. The summed E-state index contributed by atoms with van der Waals surface area (Å²) in [5, 5.41) is 5.68. The van der Waals surface area contributed by atoms with Crippen LogP contribution in [0.2, 0.25) is 5.02 Å². The third-order valence-electron chi connectivity index (χ3n) is 5.13. The van der Waals surface area contributed by atoms with Gasteiger partial charge in [0, 0.05) is 15.5 Å². The second kappa shape index (κ2) is 7.14. The zero-order valence-electron chi connectivity index (χ0n) is 15.4. The van der Waals surface area contributed by atoms with Gasteiger partial charge in [-0.1, -0.05) is 29.8 Å². The Bertz CT molecular complexity index is 950. The van der Waals surface area contributed by atoms with Gasteiger partial charge in [-0.15, -0.1) is 11.3 Å². The van der Waals surface area contributed by atoms with Crippen LogP contribution in [0.25, 0.3) is 10.2 Å². The molecule has 1 atom stereocenters. The van der Waals surface area contributed by atoms with Gasteiger partial charge in [-0.05, 0) is 37.8 Å². The fourth-order valence-corrected chi connectivity index (χ4v) is 5.39. The molecule has 3 aromatic rings. The van der Waals surface area contributed by atoms with Crippen LogP contribution in [0.3, 0.4) is 0 Å². The highest BCUT2D eigenvalue weighted by Gasteiger charge is 2.24. The molecule has 1 aliphatic rings. The largest absolute Gasteiger partial charge is 0.363 e. The molecule has 4 rings (SSSR count). The Kier molecular flexibility index (Phi) is 4.86. The zero-order valence-corrected chi connectivity index (χ0v) is 17.0. The van der Waals surface area contributed by atoms with Gasteiger partial charge in [-0.2, -0.15) is 0 Å². The van der Waals surface area contributed by atoms with E-state index in [0.717, 1.165) is 34.5 Å². The van der Waals surface area contributed by atoms with E-state index in [2.05, 4.69) is 36.5 Å². The van der Waals surface area contributed by atoms with Crippen molar-refractivity contribution in [3.8, 4) is 0 Å². The van der Waals surface area contributed by atoms with Gasteiger partial charge in [-0.25, -0.2) is 9.97 Å². The fourth-order valence-electron chi connectivity index (χ4n) is 3.81. The molecule has 4 nitrogen and oxygen atoms in total. The van der Waals surface area contributed by atoms with E-state index < -0.39 is 0 Å². The molecule has 0 saturated carbocycles. The summed E-state index contributed by atoms with van der Waals surface area (Å²) in [6, 6.07) is 8.36. The predicted octanol–water partition coefficient (Wildman–Crippen LogP) is 3.44. The minimum atomic E-state index is 0.251. The Balaban J connectivity index is 1.67. The summed E-state index contributed by atoms with van der Waals surface area (Å²) in [6.07, 6.45) is 3.57. The number of benzene rings is 1. The molecule has 26 heavy (non-hydrogen) atoms. The Labute approximate surface area is 163 Å². The van der Waals surface area contributed by atoms with Crippen LogP contribution in [0.4, 0.5) is 5.82 Å². The van der Waals surface area contributed by atoms with Gasteiger partial charge in [0.2, 0.25) is 0 Å². The number of fused-ring (bicyclic) bond motifs is 3. The highest BCUT2D eigenvalue weighted by molar-refractivity contribution is 7.19. The average Bonchev–Trinajstić information content (AvgIpc) is 3.16. The van der Waals surface area contributed by atoms with Crippen molar-refractivity contribution >= 4 is 39.0 Å². The molecule has 2 aromatic heterocycles. The summed E-state index contributed by atoms with van der Waals surface area (Å²) < 4.78 is 0. The number of hydrogen-bond acceptors (Lipinski definition) is 4. The molecule has 0 bridgehead atoms. The van der Waals surface area contributed by atoms with E-state index in [1.165, 1.54) is 39.1 Å². The quantitative estimate of drug-likeness (QED) is 0.704. The van der Waals surface area contributed by atoms with E-state index in [4.69, 9.17) is 16.6 Å². The highest BCUT2D eigenvalue weighted by Crippen LogP contribution is 2.39. The van der Waals surface area contributed by atoms with E-state index in [0.29, 0.717) is 0 Å². The molecule has 2 heterocycles. The molecule has 1 aliphatic carbocycles. The van der Waals surface area contributed by atoms with Crippen molar-refractivity contribution < 1.29 is 4.90 Å². The molecule has 0 aliphatic heterocycles. The molecule has 6 heteroatoms. The number of anilines is 1. The van der Waals surface area contributed by atoms with Crippen molar-refractivity contribution in [3.05, 3.63) is 51.1 Å². The predicted molar refractivity (Wildman–Crippen MR) is 110 cm³/mol. The Morgan fingerprint density at radius 2 is 2.04 bits per heavy atom. The normalized spacial score (nSPS) is 14.8. The molecule has 136 valence electrons. The van der Waals surface area contributed by atoms with Gasteiger partial charge in [0.05, 0.1) is 26.0 Å². The number of aromatic nitrogens is 2. The van der Waals surface area contributed by atoms with Crippen molar-refractivity contribution in [2.45, 2.75) is 32.2 Å². The number of quaternary nitrogens is 1. The van der Waals surface area contributed by atoms with Crippen molar-refractivity contribution in [1.29, 1.82) is 0 Å². The smallest absolute Gasteiger partial charge is 0.139 e. The first-order chi connectivity index (χ1) is 12.5. The number of thiophene rings is 1. The monoisotopic (exact) mass is 387 g/mol. The Morgan fingerprint density at radius 1 is 1.23 bits per heavy atom. The van der Waals surface area contributed by atoms with Gasteiger partial charge in [0.25, 0.3) is 0 Å². The maximum Gasteiger partial charge on any atom is 0.139 e. The van der Waals surface area contributed by atoms with Crippen molar-refractivity contribution in [2.75, 3.05) is 26.0 Å². The van der Waals surface area contributed by atoms with Crippen LogP contribution in [0.1, 0.15) is 34.3 Å². The summed E-state index contributed by atoms with van der Waals surface area (Å²) in [7, 11) is 4.33. The molecule has 2 N–H and O–H groups in total. The van der Waals surface area contributed by atoms with Crippen LogP contribution in [0, 0.1) is 6.92 Å². The van der Waals surface area contributed by atoms with Gasteiger partial charge >= 0.3 is 0 Å². The van der Waals surface area contributed by atoms with Crippen LogP contribution < -0.4 is 10.2 Å². The lowest BCUT2D eigenvalue weighted by Gasteiger charge is -2.23. The van der Waals surface area contributed by atoms with Crippen molar-refractivity contribution in [3.63, 3.8) is 0 Å². The summed E-state index contributed by atoms with van der Waals surface area (Å²) in [5.41, 5.74) is 2.62. The van der Waals surface area contributed by atoms with Crippen LogP contribution in [0.5, 0.6) is 0 Å². The van der Waals surface area contributed by atoms with E-state index in [1.807, 2.05) is 30.4 Å². The lowest BCUT2D eigenvalue weighted by molar-refractivity contribution is -0.890. The lowest BCUT2D eigenvalue weighted by Crippen LogP contribution is -3.06. The van der Waals surface area contributed by atoms with Crippen LogP contribution in [0.15, 0.2) is 24.3 Å². The molecule has 0 spiro atoms. The summed E-state index contributed by atoms with van der Waals surface area (Å²) >= 11 is 8.30. The molecule has 0 radical (unpaired) electrons. The minimum absolute atomic E-state index is 0.251. The molecule has 1 aromatic carbocycles. The summed E-state index contributed by atoms with van der Waals surface area (Å²) in [4.78, 5) is 13.4. The van der Waals surface area contributed by atoms with Crippen LogP contribution in [-0.2, 0) is 12.8 Å².